The number of carbonyl (C=O) groups is 2. The second-order valence-corrected chi connectivity index (χ2v) is 9.06. The molecule has 3 aromatic rings. The molecule has 10 heteroatoms. The number of amides is 2. The van der Waals surface area contributed by atoms with Crippen LogP contribution in [-0.2, 0) is 16.0 Å². The van der Waals surface area contributed by atoms with Gasteiger partial charge in [0, 0.05) is 35.1 Å². The number of rotatable bonds is 7. The molecule has 1 aromatic carbocycles. The van der Waals surface area contributed by atoms with E-state index in [1.165, 1.54) is 0 Å². The number of aryl methyl sites for hydroxylation is 1. The lowest BCUT2D eigenvalue weighted by atomic mass is 10.1. The Hall–Kier alpha value is -2.42. The molecule has 1 aliphatic rings. The van der Waals surface area contributed by atoms with E-state index in [9.17, 15) is 9.59 Å². The van der Waals surface area contributed by atoms with Crippen molar-refractivity contribution in [2.24, 2.45) is 0 Å². The molecule has 0 spiro atoms. The molecule has 0 bridgehead atoms. The molecule has 4 rings (SSSR count). The number of benzene rings is 1. The Labute approximate surface area is 193 Å². The summed E-state index contributed by atoms with van der Waals surface area (Å²) in [5, 5.41) is 9.62. The molecule has 3 heterocycles. The molecule has 1 atom stereocenters. The van der Waals surface area contributed by atoms with Gasteiger partial charge in [-0.25, -0.2) is 0 Å². The molecule has 1 fully saturated rings. The average molecular weight is 479 g/mol. The SMILES string of the molecule is O=C(Nc1cc(Cl)cc(Cl)c1)C1CCCN1C(=O)CCCc1nc(-c2cccs2)no1. The van der Waals surface area contributed by atoms with Gasteiger partial charge in [0.2, 0.25) is 23.5 Å². The summed E-state index contributed by atoms with van der Waals surface area (Å²) in [6, 6.07) is 8.20. The maximum atomic E-state index is 12.7. The van der Waals surface area contributed by atoms with Crippen molar-refractivity contribution in [3.8, 4) is 10.7 Å². The first-order chi connectivity index (χ1) is 15.0. The van der Waals surface area contributed by atoms with Crippen LogP contribution in [0.1, 0.15) is 31.6 Å². The second kappa shape index (κ2) is 9.80. The molecule has 0 radical (unpaired) electrons. The van der Waals surface area contributed by atoms with Crippen LogP contribution in [0.3, 0.4) is 0 Å². The fraction of sp³-hybridized carbons (Fsp3) is 0.333. The number of halogens is 2. The van der Waals surface area contributed by atoms with E-state index in [1.54, 1.807) is 34.4 Å². The summed E-state index contributed by atoms with van der Waals surface area (Å²) in [5.74, 6) is 0.778. The molecule has 162 valence electrons. The number of likely N-dealkylation sites (tertiary alicyclic amines) is 1. The minimum atomic E-state index is -0.501. The van der Waals surface area contributed by atoms with E-state index in [2.05, 4.69) is 15.5 Å². The highest BCUT2D eigenvalue weighted by Crippen LogP contribution is 2.25. The lowest BCUT2D eigenvalue weighted by Gasteiger charge is -2.24. The number of nitrogens with zero attached hydrogens (tertiary/aromatic N) is 3. The van der Waals surface area contributed by atoms with Gasteiger partial charge in [-0.15, -0.1) is 11.3 Å². The highest BCUT2D eigenvalue weighted by atomic mass is 35.5. The van der Waals surface area contributed by atoms with Crippen molar-refractivity contribution < 1.29 is 14.1 Å². The topological polar surface area (TPSA) is 88.3 Å². The summed E-state index contributed by atoms with van der Waals surface area (Å²) < 4.78 is 5.28. The van der Waals surface area contributed by atoms with E-state index >= 15 is 0 Å². The van der Waals surface area contributed by atoms with Crippen molar-refractivity contribution in [2.45, 2.75) is 38.1 Å². The molecule has 2 aromatic heterocycles. The summed E-state index contributed by atoms with van der Waals surface area (Å²) in [4.78, 5) is 32.4. The largest absolute Gasteiger partial charge is 0.339 e. The van der Waals surface area contributed by atoms with Crippen LogP contribution in [-0.4, -0.2) is 39.4 Å². The molecule has 1 unspecified atom stereocenters. The van der Waals surface area contributed by atoms with E-state index in [0.29, 0.717) is 59.7 Å². The Morgan fingerprint density at radius 2 is 2.06 bits per heavy atom. The van der Waals surface area contributed by atoms with Crippen molar-refractivity contribution >= 4 is 52.0 Å². The minimum Gasteiger partial charge on any atom is -0.339 e. The molecular weight excluding hydrogens is 459 g/mol. The molecule has 2 amide bonds. The monoisotopic (exact) mass is 478 g/mol. The van der Waals surface area contributed by atoms with Gasteiger partial charge in [-0.2, -0.15) is 4.98 Å². The molecule has 7 nitrogen and oxygen atoms in total. The molecule has 1 aliphatic heterocycles. The van der Waals surface area contributed by atoms with Gasteiger partial charge in [0.15, 0.2) is 0 Å². The first-order valence-electron chi connectivity index (χ1n) is 9.92. The van der Waals surface area contributed by atoms with E-state index < -0.39 is 6.04 Å². The molecule has 1 saturated heterocycles. The number of hydrogen-bond donors (Lipinski definition) is 1. The molecule has 0 aliphatic carbocycles. The highest BCUT2D eigenvalue weighted by molar-refractivity contribution is 7.13. The third-order valence-electron chi connectivity index (χ3n) is 5.00. The van der Waals surface area contributed by atoms with Gasteiger partial charge in [0.05, 0.1) is 4.88 Å². The predicted molar refractivity (Wildman–Crippen MR) is 120 cm³/mol. The predicted octanol–water partition coefficient (Wildman–Crippen LogP) is 5.06. The molecule has 31 heavy (non-hydrogen) atoms. The Bertz CT molecular complexity index is 1050. The summed E-state index contributed by atoms with van der Waals surface area (Å²) in [6.45, 7) is 0.566. The molecule has 1 N–H and O–H groups in total. The zero-order chi connectivity index (χ0) is 21.8. The third-order valence-corrected chi connectivity index (χ3v) is 6.30. The lowest BCUT2D eigenvalue weighted by Crippen LogP contribution is -2.43. The van der Waals surface area contributed by atoms with Crippen LogP contribution in [0, 0.1) is 0 Å². The number of thiophene rings is 1. The number of nitrogens with one attached hydrogen (secondary N) is 1. The normalized spacial score (nSPS) is 15.9. The van der Waals surface area contributed by atoms with E-state index in [-0.39, 0.29) is 11.8 Å². The van der Waals surface area contributed by atoms with Crippen LogP contribution in [0.5, 0.6) is 0 Å². The number of anilines is 1. The smallest absolute Gasteiger partial charge is 0.247 e. The summed E-state index contributed by atoms with van der Waals surface area (Å²) in [5.41, 5.74) is 0.514. The first kappa shape index (κ1) is 21.8. The molecular formula is C21H20Cl2N4O3S. The van der Waals surface area contributed by atoms with Crippen molar-refractivity contribution in [1.29, 1.82) is 0 Å². The van der Waals surface area contributed by atoms with Gasteiger partial charge >= 0.3 is 0 Å². The Balaban J connectivity index is 1.30. The van der Waals surface area contributed by atoms with E-state index in [4.69, 9.17) is 27.7 Å². The average Bonchev–Trinajstić information content (AvgIpc) is 3.47. The Morgan fingerprint density at radius 3 is 2.81 bits per heavy atom. The number of aromatic nitrogens is 2. The van der Waals surface area contributed by atoms with E-state index in [0.717, 1.165) is 11.3 Å². The van der Waals surface area contributed by atoms with Crippen LogP contribution in [0.15, 0.2) is 40.2 Å². The number of carbonyl (C=O) groups excluding carboxylic acids is 2. The van der Waals surface area contributed by atoms with Gasteiger partial charge in [-0.05, 0) is 48.9 Å². The van der Waals surface area contributed by atoms with Gasteiger partial charge in [0.1, 0.15) is 6.04 Å². The minimum absolute atomic E-state index is 0.0558. The maximum absolute atomic E-state index is 12.7. The summed E-state index contributed by atoms with van der Waals surface area (Å²) in [7, 11) is 0. The first-order valence-corrected chi connectivity index (χ1v) is 11.6. The standard InChI is InChI=1S/C21H20Cl2N4O3S/c22-13-10-14(23)12-15(11-13)24-21(29)16-4-2-8-27(16)19(28)7-1-6-18-25-20(26-30-18)17-5-3-9-31-17/h3,5,9-12,16H,1-2,4,6-8H2,(H,24,29). The van der Waals surface area contributed by atoms with Crippen molar-refractivity contribution in [3.63, 3.8) is 0 Å². The Morgan fingerprint density at radius 1 is 1.26 bits per heavy atom. The van der Waals surface area contributed by atoms with E-state index in [1.807, 2.05) is 17.5 Å². The zero-order valence-electron chi connectivity index (χ0n) is 16.5. The van der Waals surface area contributed by atoms with Crippen LogP contribution in [0.4, 0.5) is 5.69 Å². The van der Waals surface area contributed by atoms with Crippen LogP contribution in [0.25, 0.3) is 10.7 Å². The van der Waals surface area contributed by atoms with Gasteiger partial charge < -0.3 is 14.7 Å². The third kappa shape index (κ3) is 5.44. The van der Waals surface area contributed by atoms with Gasteiger partial charge in [-0.3, -0.25) is 9.59 Å². The van der Waals surface area contributed by atoms with Gasteiger partial charge in [-0.1, -0.05) is 34.4 Å². The zero-order valence-corrected chi connectivity index (χ0v) is 18.8. The summed E-state index contributed by atoms with van der Waals surface area (Å²) in [6.07, 6.45) is 2.80. The van der Waals surface area contributed by atoms with Crippen molar-refractivity contribution in [1.82, 2.24) is 15.0 Å². The highest BCUT2D eigenvalue weighted by Gasteiger charge is 2.33. The Kier molecular flexibility index (Phi) is 6.89. The van der Waals surface area contributed by atoms with Gasteiger partial charge in [0.25, 0.3) is 0 Å². The van der Waals surface area contributed by atoms with Crippen molar-refractivity contribution in [3.05, 3.63) is 51.6 Å². The fourth-order valence-corrected chi connectivity index (χ4v) is 4.76. The quantitative estimate of drug-likeness (QED) is 0.512. The van der Waals surface area contributed by atoms with Crippen molar-refractivity contribution in [2.75, 3.05) is 11.9 Å². The second-order valence-electron chi connectivity index (χ2n) is 7.24. The molecule has 0 saturated carbocycles. The van der Waals surface area contributed by atoms with Crippen LogP contribution in [0.2, 0.25) is 10.0 Å². The van der Waals surface area contributed by atoms with Crippen LogP contribution < -0.4 is 5.32 Å². The summed E-state index contributed by atoms with van der Waals surface area (Å²) >= 11 is 13.5. The number of hydrogen-bond acceptors (Lipinski definition) is 6. The fourth-order valence-electron chi connectivity index (χ4n) is 3.59. The maximum Gasteiger partial charge on any atom is 0.247 e. The van der Waals surface area contributed by atoms with Crippen LogP contribution >= 0.6 is 34.5 Å². The lowest BCUT2D eigenvalue weighted by molar-refractivity contribution is -0.136.